The van der Waals surface area contributed by atoms with E-state index in [1.807, 2.05) is 0 Å². The summed E-state index contributed by atoms with van der Waals surface area (Å²) in [6.07, 6.45) is 2.78. The maximum Gasteiger partial charge on any atom is 0.325 e. The number of amides is 2. The summed E-state index contributed by atoms with van der Waals surface area (Å²) in [5, 5.41) is 18.2. The summed E-state index contributed by atoms with van der Waals surface area (Å²) in [5.74, 6) is -1.01. The minimum atomic E-state index is -1.01. The Hall–Kier alpha value is -2.06. The number of urea groups is 1. The van der Waals surface area contributed by atoms with Gasteiger partial charge >= 0.3 is 12.0 Å². The molecule has 0 saturated carbocycles. The Labute approximate surface area is 133 Å². The zero-order chi connectivity index (χ0) is 15.4. The Kier molecular flexibility index (Phi) is 4.81. The van der Waals surface area contributed by atoms with Gasteiger partial charge in [0.15, 0.2) is 0 Å². The van der Waals surface area contributed by atoms with Crippen molar-refractivity contribution in [3.63, 3.8) is 0 Å². The average molecular weight is 374 g/mol. The van der Waals surface area contributed by atoms with E-state index < -0.39 is 12.0 Å². The predicted octanol–water partition coefficient (Wildman–Crippen LogP) is 3.03. The molecule has 0 fully saturated rings. The molecule has 0 radical (unpaired) electrons. The quantitative estimate of drug-likeness (QED) is 0.767. The van der Waals surface area contributed by atoms with Gasteiger partial charge in [-0.05, 0) is 34.1 Å². The second kappa shape index (κ2) is 6.59. The highest BCUT2D eigenvalue weighted by Crippen LogP contribution is 2.25. The van der Waals surface area contributed by atoms with Gasteiger partial charge in [0, 0.05) is 15.7 Å². The van der Waals surface area contributed by atoms with E-state index in [9.17, 15) is 9.59 Å². The van der Waals surface area contributed by atoms with E-state index >= 15 is 0 Å². The number of hydrogen-bond donors (Lipinski definition) is 3. The van der Waals surface area contributed by atoms with Crippen LogP contribution in [0.4, 0.5) is 16.2 Å². The fourth-order valence-corrected chi connectivity index (χ4v) is 2.31. The highest BCUT2D eigenvalue weighted by Gasteiger charge is 2.08. The molecule has 7 nitrogen and oxygen atoms in total. The lowest BCUT2D eigenvalue weighted by molar-refractivity contribution is -0.137. The summed E-state index contributed by atoms with van der Waals surface area (Å²) in [5.41, 5.74) is 0.939. The molecule has 21 heavy (non-hydrogen) atoms. The van der Waals surface area contributed by atoms with Crippen LogP contribution in [0.5, 0.6) is 0 Å². The summed E-state index contributed by atoms with van der Waals surface area (Å²) in [6, 6.07) is 4.47. The van der Waals surface area contributed by atoms with Gasteiger partial charge in [-0.25, -0.2) is 4.79 Å². The van der Waals surface area contributed by atoms with E-state index in [0.29, 0.717) is 20.9 Å². The zero-order valence-corrected chi connectivity index (χ0v) is 12.8. The Morgan fingerprint density at radius 1 is 1.38 bits per heavy atom. The van der Waals surface area contributed by atoms with Crippen LogP contribution >= 0.6 is 27.5 Å². The molecule has 0 spiro atoms. The molecule has 2 amide bonds. The van der Waals surface area contributed by atoms with Gasteiger partial charge in [-0.15, -0.1) is 0 Å². The summed E-state index contributed by atoms with van der Waals surface area (Å²) in [6.45, 7) is -0.272. The number of nitrogens with one attached hydrogen (secondary N) is 2. The molecule has 1 heterocycles. The number of carboxylic acids is 1. The third-order valence-corrected chi connectivity index (χ3v) is 3.26. The van der Waals surface area contributed by atoms with Crippen molar-refractivity contribution in [2.45, 2.75) is 6.54 Å². The maximum atomic E-state index is 11.8. The van der Waals surface area contributed by atoms with Gasteiger partial charge in [0.25, 0.3) is 0 Å². The van der Waals surface area contributed by atoms with Crippen LogP contribution in [0.3, 0.4) is 0 Å². The predicted molar refractivity (Wildman–Crippen MR) is 81.7 cm³/mol. The first kappa shape index (κ1) is 15.3. The van der Waals surface area contributed by atoms with Gasteiger partial charge in [0.1, 0.15) is 6.54 Å². The third-order valence-electron chi connectivity index (χ3n) is 2.37. The van der Waals surface area contributed by atoms with Crippen LogP contribution in [0.25, 0.3) is 0 Å². The van der Waals surface area contributed by atoms with E-state index in [2.05, 4.69) is 31.7 Å². The first-order valence-electron chi connectivity index (χ1n) is 5.71. The van der Waals surface area contributed by atoms with Crippen molar-refractivity contribution in [2.75, 3.05) is 10.6 Å². The molecule has 0 atom stereocenters. The average Bonchev–Trinajstić information content (AvgIpc) is 2.79. The molecule has 0 unspecified atom stereocenters. The third kappa shape index (κ3) is 4.47. The second-order valence-corrected chi connectivity index (χ2v) is 5.31. The molecule has 0 bridgehead atoms. The van der Waals surface area contributed by atoms with Crippen LogP contribution < -0.4 is 10.6 Å². The number of aromatic nitrogens is 2. The molecule has 0 aliphatic rings. The number of nitrogens with zero attached hydrogens (tertiary/aromatic N) is 2. The van der Waals surface area contributed by atoms with Crippen LogP contribution in [0.1, 0.15) is 0 Å². The van der Waals surface area contributed by atoms with Crippen LogP contribution in [-0.4, -0.2) is 26.9 Å². The number of halogens is 2. The van der Waals surface area contributed by atoms with E-state index in [0.717, 1.165) is 0 Å². The first-order valence-corrected chi connectivity index (χ1v) is 6.88. The van der Waals surface area contributed by atoms with Crippen molar-refractivity contribution in [1.82, 2.24) is 9.78 Å². The molecule has 9 heteroatoms. The van der Waals surface area contributed by atoms with Crippen LogP contribution in [0.15, 0.2) is 35.1 Å². The SMILES string of the molecule is O=C(O)Cn1cc(NC(=O)Nc2ccc(Cl)cc2Br)cn1. The highest BCUT2D eigenvalue weighted by atomic mass is 79.9. The monoisotopic (exact) mass is 372 g/mol. The van der Waals surface area contributed by atoms with E-state index in [4.69, 9.17) is 16.7 Å². The van der Waals surface area contributed by atoms with Crippen molar-refractivity contribution >= 4 is 50.9 Å². The topological polar surface area (TPSA) is 96.2 Å². The lowest BCUT2D eigenvalue weighted by Crippen LogP contribution is -2.19. The smallest absolute Gasteiger partial charge is 0.325 e. The largest absolute Gasteiger partial charge is 0.480 e. The van der Waals surface area contributed by atoms with Gasteiger partial charge in [-0.1, -0.05) is 11.6 Å². The molecule has 2 aromatic rings. The van der Waals surface area contributed by atoms with Crippen molar-refractivity contribution in [3.8, 4) is 0 Å². The molecule has 0 aliphatic carbocycles. The molecule has 1 aromatic heterocycles. The van der Waals surface area contributed by atoms with E-state index in [1.54, 1.807) is 18.2 Å². The molecule has 110 valence electrons. The van der Waals surface area contributed by atoms with E-state index in [-0.39, 0.29) is 6.54 Å². The maximum absolute atomic E-state index is 11.8. The highest BCUT2D eigenvalue weighted by molar-refractivity contribution is 9.10. The van der Waals surface area contributed by atoms with Gasteiger partial charge in [0.05, 0.1) is 17.6 Å². The second-order valence-electron chi connectivity index (χ2n) is 4.02. The Bertz CT molecular complexity index is 689. The van der Waals surface area contributed by atoms with Gasteiger partial charge in [0.2, 0.25) is 0 Å². The minimum absolute atomic E-state index is 0.272. The summed E-state index contributed by atoms with van der Waals surface area (Å²) < 4.78 is 1.85. The number of anilines is 2. The Morgan fingerprint density at radius 2 is 2.14 bits per heavy atom. The molecule has 0 aliphatic heterocycles. The van der Waals surface area contributed by atoms with Gasteiger partial charge in [-0.2, -0.15) is 5.10 Å². The normalized spacial score (nSPS) is 10.2. The number of rotatable bonds is 4. The van der Waals surface area contributed by atoms with Crippen LogP contribution in [0.2, 0.25) is 5.02 Å². The van der Waals surface area contributed by atoms with Crippen molar-refractivity contribution < 1.29 is 14.7 Å². The minimum Gasteiger partial charge on any atom is -0.480 e. The summed E-state index contributed by atoms with van der Waals surface area (Å²) >= 11 is 9.09. The number of carbonyl (C=O) groups excluding carboxylic acids is 1. The molecule has 2 rings (SSSR count). The fraction of sp³-hybridized carbons (Fsp3) is 0.0833. The van der Waals surface area contributed by atoms with Crippen molar-refractivity contribution in [3.05, 3.63) is 40.1 Å². The van der Waals surface area contributed by atoms with Crippen molar-refractivity contribution in [1.29, 1.82) is 0 Å². The van der Waals surface area contributed by atoms with E-state index in [1.165, 1.54) is 17.1 Å². The summed E-state index contributed by atoms with van der Waals surface area (Å²) in [4.78, 5) is 22.4. The number of carbonyl (C=O) groups is 2. The zero-order valence-electron chi connectivity index (χ0n) is 10.5. The number of aliphatic carboxylic acids is 1. The fourth-order valence-electron chi connectivity index (χ4n) is 1.53. The van der Waals surface area contributed by atoms with Crippen LogP contribution in [-0.2, 0) is 11.3 Å². The lowest BCUT2D eigenvalue weighted by Gasteiger charge is -2.08. The number of hydrogen-bond acceptors (Lipinski definition) is 3. The Balaban J connectivity index is 1.98. The van der Waals surface area contributed by atoms with Crippen molar-refractivity contribution in [2.24, 2.45) is 0 Å². The Morgan fingerprint density at radius 3 is 2.81 bits per heavy atom. The standard InChI is InChI=1S/C12H10BrClN4O3/c13-9-3-7(14)1-2-10(9)17-12(21)16-8-4-15-18(5-8)6-11(19)20/h1-5H,6H2,(H,19,20)(H2,16,17,21). The van der Waals surface area contributed by atoms with Gasteiger partial charge in [-0.3, -0.25) is 9.48 Å². The number of carboxylic acid groups (broad SMARTS) is 1. The molecular weight excluding hydrogens is 364 g/mol. The number of benzene rings is 1. The molecule has 3 N–H and O–H groups in total. The molecule has 0 saturated heterocycles. The molecule has 1 aromatic carbocycles. The first-order chi connectivity index (χ1) is 9.94. The molecular formula is C12H10BrClN4O3. The van der Waals surface area contributed by atoms with Gasteiger partial charge < -0.3 is 15.7 Å². The summed E-state index contributed by atoms with van der Waals surface area (Å²) in [7, 11) is 0. The van der Waals surface area contributed by atoms with Crippen LogP contribution in [0, 0.1) is 0 Å². The lowest BCUT2D eigenvalue weighted by atomic mass is 10.3.